The molecule has 2 fully saturated rings. The van der Waals surface area contributed by atoms with E-state index >= 15 is 0 Å². The lowest BCUT2D eigenvalue weighted by Crippen LogP contribution is -2.45. The Labute approximate surface area is 154 Å². The van der Waals surface area contributed by atoms with Gasteiger partial charge in [0.25, 0.3) is 5.91 Å². The molecule has 7 heteroatoms. The van der Waals surface area contributed by atoms with Gasteiger partial charge < -0.3 is 25.0 Å². The summed E-state index contributed by atoms with van der Waals surface area (Å²) in [5.41, 5.74) is 1.62. The summed E-state index contributed by atoms with van der Waals surface area (Å²) in [6.45, 7) is 2.90. The Morgan fingerprint density at radius 3 is 2.69 bits per heavy atom. The zero-order chi connectivity index (χ0) is 18.4. The number of rotatable bonds is 5. The summed E-state index contributed by atoms with van der Waals surface area (Å²) >= 11 is 0. The highest BCUT2D eigenvalue weighted by molar-refractivity contribution is 5.99. The molecule has 0 saturated carbocycles. The van der Waals surface area contributed by atoms with Gasteiger partial charge in [0.2, 0.25) is 0 Å². The van der Waals surface area contributed by atoms with E-state index in [2.05, 4.69) is 20.3 Å². The van der Waals surface area contributed by atoms with E-state index in [-0.39, 0.29) is 18.1 Å². The quantitative estimate of drug-likeness (QED) is 0.838. The average Bonchev–Trinajstić information content (AvgIpc) is 3.20. The lowest BCUT2D eigenvalue weighted by atomic mass is 10.0. The van der Waals surface area contributed by atoms with Gasteiger partial charge in [-0.2, -0.15) is 0 Å². The van der Waals surface area contributed by atoms with E-state index in [4.69, 9.17) is 4.74 Å². The van der Waals surface area contributed by atoms with E-state index in [0.717, 1.165) is 51.1 Å². The second-order valence-corrected chi connectivity index (χ2v) is 6.76. The van der Waals surface area contributed by atoms with Crippen LogP contribution in [0, 0.1) is 0 Å². The van der Waals surface area contributed by atoms with Crippen molar-refractivity contribution in [1.82, 2.24) is 10.6 Å². The highest BCUT2D eigenvalue weighted by atomic mass is 16.5. The number of para-hydroxylation sites is 1. The monoisotopic (exact) mass is 361 g/mol. The van der Waals surface area contributed by atoms with Gasteiger partial charge in [0.15, 0.2) is 0 Å². The van der Waals surface area contributed by atoms with Crippen molar-refractivity contribution in [2.24, 2.45) is 0 Å². The first-order valence-electron chi connectivity index (χ1n) is 9.25. The van der Waals surface area contributed by atoms with E-state index in [1.54, 1.807) is 0 Å². The Hall–Kier alpha value is -2.28. The SMILES string of the molecule is COC(=O)NC1CCN(c2ccccc2C(=O)NCC2CCCO2)CC1. The zero-order valence-electron chi connectivity index (χ0n) is 15.2. The number of nitrogens with zero attached hydrogens (tertiary/aromatic N) is 1. The molecule has 2 saturated heterocycles. The van der Waals surface area contributed by atoms with E-state index < -0.39 is 6.09 Å². The smallest absolute Gasteiger partial charge is 0.407 e. The van der Waals surface area contributed by atoms with Gasteiger partial charge in [-0.15, -0.1) is 0 Å². The number of hydrogen-bond acceptors (Lipinski definition) is 5. The minimum absolute atomic E-state index is 0.0640. The molecule has 2 aliphatic rings. The second-order valence-electron chi connectivity index (χ2n) is 6.76. The number of carbonyl (C=O) groups is 2. The Bertz CT molecular complexity index is 623. The van der Waals surface area contributed by atoms with Gasteiger partial charge in [-0.1, -0.05) is 12.1 Å². The van der Waals surface area contributed by atoms with Crippen LogP contribution in [0.3, 0.4) is 0 Å². The first kappa shape index (κ1) is 18.5. The highest BCUT2D eigenvalue weighted by Gasteiger charge is 2.24. The number of hydrogen-bond donors (Lipinski definition) is 2. The van der Waals surface area contributed by atoms with Gasteiger partial charge in [-0.05, 0) is 37.8 Å². The fourth-order valence-corrected chi connectivity index (χ4v) is 3.54. The summed E-state index contributed by atoms with van der Waals surface area (Å²) in [6, 6.07) is 7.79. The zero-order valence-corrected chi connectivity index (χ0v) is 15.2. The Balaban J connectivity index is 1.58. The van der Waals surface area contributed by atoms with Gasteiger partial charge in [0.1, 0.15) is 0 Å². The molecule has 0 spiro atoms. The molecule has 142 valence electrons. The van der Waals surface area contributed by atoms with Crippen LogP contribution >= 0.6 is 0 Å². The summed E-state index contributed by atoms with van der Waals surface area (Å²) < 4.78 is 10.2. The molecule has 2 N–H and O–H groups in total. The van der Waals surface area contributed by atoms with E-state index in [1.165, 1.54) is 7.11 Å². The molecule has 2 aliphatic heterocycles. The van der Waals surface area contributed by atoms with Gasteiger partial charge in [0.05, 0.1) is 18.8 Å². The predicted octanol–water partition coefficient (Wildman–Crippen LogP) is 1.92. The highest BCUT2D eigenvalue weighted by Crippen LogP contribution is 2.24. The summed E-state index contributed by atoms with van der Waals surface area (Å²) in [5.74, 6) is -0.0640. The molecule has 2 amide bonds. The van der Waals surface area contributed by atoms with Crippen LogP contribution in [0.25, 0.3) is 0 Å². The van der Waals surface area contributed by atoms with Crippen LogP contribution < -0.4 is 15.5 Å². The van der Waals surface area contributed by atoms with Crippen molar-refractivity contribution in [3.63, 3.8) is 0 Å². The summed E-state index contributed by atoms with van der Waals surface area (Å²) in [5, 5.41) is 5.85. The van der Waals surface area contributed by atoms with Crippen molar-refractivity contribution in [3.8, 4) is 0 Å². The molecule has 1 atom stereocenters. The first-order chi connectivity index (χ1) is 12.7. The largest absolute Gasteiger partial charge is 0.453 e. The van der Waals surface area contributed by atoms with Crippen molar-refractivity contribution in [3.05, 3.63) is 29.8 Å². The number of ether oxygens (including phenoxy) is 2. The van der Waals surface area contributed by atoms with Crippen LogP contribution in [-0.4, -0.2) is 57.5 Å². The van der Waals surface area contributed by atoms with Crippen molar-refractivity contribution in [1.29, 1.82) is 0 Å². The lowest BCUT2D eigenvalue weighted by molar-refractivity contribution is 0.0858. The summed E-state index contributed by atoms with van der Waals surface area (Å²) in [6.07, 6.45) is 3.44. The molecule has 26 heavy (non-hydrogen) atoms. The normalized spacial score (nSPS) is 20.7. The van der Waals surface area contributed by atoms with Gasteiger partial charge in [-0.25, -0.2) is 4.79 Å². The fraction of sp³-hybridized carbons (Fsp3) is 0.579. The van der Waals surface area contributed by atoms with Crippen LogP contribution in [-0.2, 0) is 9.47 Å². The predicted molar refractivity (Wildman–Crippen MR) is 98.5 cm³/mol. The maximum atomic E-state index is 12.6. The molecular formula is C19H27N3O4. The molecule has 0 aliphatic carbocycles. The molecule has 1 aromatic rings. The van der Waals surface area contributed by atoms with Crippen LogP contribution in [0.1, 0.15) is 36.0 Å². The van der Waals surface area contributed by atoms with E-state index in [0.29, 0.717) is 12.1 Å². The van der Waals surface area contributed by atoms with E-state index in [9.17, 15) is 9.59 Å². The van der Waals surface area contributed by atoms with Crippen molar-refractivity contribution < 1.29 is 19.1 Å². The number of methoxy groups -OCH3 is 1. The number of piperidine rings is 1. The molecule has 1 unspecified atom stereocenters. The third kappa shape index (κ3) is 4.66. The molecule has 0 aromatic heterocycles. The van der Waals surface area contributed by atoms with Crippen molar-refractivity contribution in [2.75, 3.05) is 38.3 Å². The number of alkyl carbamates (subject to hydrolysis) is 1. The minimum Gasteiger partial charge on any atom is -0.453 e. The third-order valence-corrected chi connectivity index (χ3v) is 5.01. The maximum Gasteiger partial charge on any atom is 0.407 e. The molecule has 1 aromatic carbocycles. The third-order valence-electron chi connectivity index (χ3n) is 5.01. The van der Waals surface area contributed by atoms with Crippen LogP contribution in [0.2, 0.25) is 0 Å². The van der Waals surface area contributed by atoms with Crippen molar-refractivity contribution in [2.45, 2.75) is 37.8 Å². The van der Waals surface area contributed by atoms with E-state index in [1.807, 2.05) is 24.3 Å². The Kier molecular flexibility index (Phi) is 6.33. The fourth-order valence-electron chi connectivity index (χ4n) is 3.54. The molecular weight excluding hydrogens is 334 g/mol. The molecule has 2 heterocycles. The number of benzene rings is 1. The molecule has 7 nitrogen and oxygen atoms in total. The van der Waals surface area contributed by atoms with Gasteiger partial charge in [-0.3, -0.25) is 4.79 Å². The standard InChI is InChI=1S/C19H27N3O4/c1-25-19(24)21-14-8-10-22(11-9-14)17-7-3-2-6-16(17)18(23)20-13-15-5-4-12-26-15/h2-3,6-7,14-15H,4-5,8-13H2,1H3,(H,20,23)(H,21,24). The lowest BCUT2D eigenvalue weighted by Gasteiger charge is -2.34. The number of anilines is 1. The van der Waals surface area contributed by atoms with Crippen LogP contribution in [0.15, 0.2) is 24.3 Å². The van der Waals surface area contributed by atoms with Gasteiger partial charge in [0, 0.05) is 38.0 Å². The molecule has 3 rings (SSSR count). The molecule has 0 radical (unpaired) electrons. The molecule has 0 bridgehead atoms. The van der Waals surface area contributed by atoms with Crippen LogP contribution in [0.5, 0.6) is 0 Å². The summed E-state index contributed by atoms with van der Waals surface area (Å²) in [7, 11) is 1.37. The van der Waals surface area contributed by atoms with Crippen LogP contribution in [0.4, 0.5) is 10.5 Å². The van der Waals surface area contributed by atoms with Gasteiger partial charge >= 0.3 is 6.09 Å². The summed E-state index contributed by atoms with van der Waals surface area (Å²) in [4.78, 5) is 26.2. The minimum atomic E-state index is -0.391. The van der Waals surface area contributed by atoms with Crippen molar-refractivity contribution >= 4 is 17.7 Å². The number of amides is 2. The number of nitrogens with one attached hydrogen (secondary N) is 2. The Morgan fingerprint density at radius 1 is 1.23 bits per heavy atom. The first-order valence-corrected chi connectivity index (χ1v) is 9.25. The second kappa shape index (κ2) is 8.89. The maximum absolute atomic E-state index is 12.6. The average molecular weight is 361 g/mol. The number of carbonyl (C=O) groups excluding carboxylic acids is 2. The Morgan fingerprint density at radius 2 is 2.00 bits per heavy atom. The topological polar surface area (TPSA) is 79.9 Å².